The summed E-state index contributed by atoms with van der Waals surface area (Å²) in [4.78, 5) is 28.3. The molecular formula is C28H32FN3O6S. The Morgan fingerprint density at radius 1 is 0.923 bits per heavy atom. The molecule has 0 aliphatic carbocycles. The van der Waals surface area contributed by atoms with Gasteiger partial charge in [-0.25, -0.2) is 12.8 Å². The van der Waals surface area contributed by atoms with E-state index in [0.29, 0.717) is 11.3 Å². The van der Waals surface area contributed by atoms with Crippen LogP contribution in [-0.4, -0.2) is 65.2 Å². The number of ether oxygens (including phenoxy) is 2. The van der Waals surface area contributed by atoms with Crippen LogP contribution in [0.2, 0.25) is 0 Å². The van der Waals surface area contributed by atoms with Crippen molar-refractivity contribution in [3.05, 3.63) is 89.7 Å². The molecule has 11 heteroatoms. The van der Waals surface area contributed by atoms with Gasteiger partial charge in [-0.2, -0.15) is 0 Å². The molecule has 0 spiro atoms. The third-order valence-electron chi connectivity index (χ3n) is 6.12. The molecular weight excluding hydrogens is 525 g/mol. The Bertz CT molecular complexity index is 1380. The zero-order chi connectivity index (χ0) is 28.6. The van der Waals surface area contributed by atoms with Gasteiger partial charge in [0.2, 0.25) is 21.8 Å². The summed E-state index contributed by atoms with van der Waals surface area (Å²) in [7, 11) is 0.394. The zero-order valence-electron chi connectivity index (χ0n) is 22.3. The van der Waals surface area contributed by atoms with Crippen molar-refractivity contribution in [2.24, 2.45) is 0 Å². The minimum Gasteiger partial charge on any atom is -0.493 e. The predicted molar refractivity (Wildman–Crippen MR) is 147 cm³/mol. The van der Waals surface area contributed by atoms with Crippen LogP contribution in [0.4, 0.5) is 10.1 Å². The second kappa shape index (κ2) is 13.1. The first-order valence-corrected chi connectivity index (χ1v) is 13.9. The molecule has 0 saturated carbocycles. The van der Waals surface area contributed by atoms with E-state index in [1.54, 1.807) is 0 Å². The lowest BCUT2D eigenvalue weighted by Gasteiger charge is -2.33. The van der Waals surface area contributed by atoms with Gasteiger partial charge in [-0.1, -0.05) is 42.5 Å². The number of nitrogens with zero attached hydrogens (tertiary/aromatic N) is 2. The molecule has 0 unspecified atom stereocenters. The number of rotatable bonds is 12. The lowest BCUT2D eigenvalue weighted by molar-refractivity contribution is -0.139. The van der Waals surface area contributed by atoms with Gasteiger partial charge in [0.05, 0.1) is 26.2 Å². The number of halogens is 1. The molecule has 3 aromatic rings. The van der Waals surface area contributed by atoms with E-state index in [1.807, 2.05) is 30.3 Å². The van der Waals surface area contributed by atoms with Crippen LogP contribution in [0.25, 0.3) is 0 Å². The molecule has 2 amide bonds. The number of likely N-dealkylation sites (N-methyl/N-ethyl adjacent to an activating group) is 1. The van der Waals surface area contributed by atoms with Crippen LogP contribution >= 0.6 is 0 Å². The normalized spacial score (nSPS) is 11.8. The maximum Gasteiger partial charge on any atom is 0.244 e. The topological polar surface area (TPSA) is 105 Å². The van der Waals surface area contributed by atoms with E-state index in [-0.39, 0.29) is 24.4 Å². The van der Waals surface area contributed by atoms with E-state index in [2.05, 4.69) is 5.32 Å². The molecule has 208 valence electrons. The van der Waals surface area contributed by atoms with Crippen LogP contribution in [0.1, 0.15) is 11.1 Å². The molecule has 1 N–H and O–H groups in total. The largest absolute Gasteiger partial charge is 0.493 e. The molecule has 0 aromatic heterocycles. The second-order valence-corrected chi connectivity index (χ2v) is 10.7. The van der Waals surface area contributed by atoms with Gasteiger partial charge in [0.1, 0.15) is 18.4 Å². The minimum absolute atomic E-state index is 0.0480. The van der Waals surface area contributed by atoms with Crippen molar-refractivity contribution in [2.75, 3.05) is 38.4 Å². The van der Waals surface area contributed by atoms with E-state index in [0.717, 1.165) is 16.1 Å². The van der Waals surface area contributed by atoms with Crippen molar-refractivity contribution < 1.29 is 31.9 Å². The van der Waals surface area contributed by atoms with E-state index < -0.39 is 40.2 Å². The molecule has 0 heterocycles. The smallest absolute Gasteiger partial charge is 0.244 e. The number of hydrogen-bond acceptors (Lipinski definition) is 6. The summed E-state index contributed by atoms with van der Waals surface area (Å²) in [6.45, 7) is -0.634. The highest BCUT2D eigenvalue weighted by Gasteiger charge is 2.32. The van der Waals surface area contributed by atoms with Crippen molar-refractivity contribution in [1.82, 2.24) is 10.2 Å². The summed E-state index contributed by atoms with van der Waals surface area (Å²) in [6, 6.07) is 18.2. The van der Waals surface area contributed by atoms with Crippen molar-refractivity contribution in [3.63, 3.8) is 0 Å². The van der Waals surface area contributed by atoms with E-state index in [9.17, 15) is 22.4 Å². The Morgan fingerprint density at radius 2 is 1.56 bits per heavy atom. The van der Waals surface area contributed by atoms with Gasteiger partial charge in [-0.3, -0.25) is 13.9 Å². The highest BCUT2D eigenvalue weighted by molar-refractivity contribution is 7.92. The van der Waals surface area contributed by atoms with Crippen molar-refractivity contribution in [1.29, 1.82) is 0 Å². The van der Waals surface area contributed by atoms with Gasteiger partial charge >= 0.3 is 0 Å². The van der Waals surface area contributed by atoms with Crippen LogP contribution in [-0.2, 0) is 32.6 Å². The first kappa shape index (κ1) is 29.4. The number of carbonyl (C=O) groups is 2. The lowest BCUT2D eigenvalue weighted by Crippen LogP contribution is -2.52. The number of carbonyl (C=O) groups excluding carboxylic acids is 2. The Kier molecular flexibility index (Phi) is 9.89. The fourth-order valence-corrected chi connectivity index (χ4v) is 4.94. The summed E-state index contributed by atoms with van der Waals surface area (Å²) >= 11 is 0. The number of anilines is 1. The molecule has 39 heavy (non-hydrogen) atoms. The SMILES string of the molecule is CNC(=O)[C@@H](Cc1ccccc1)N(Cc1ccc(F)cc1)C(=O)CN(c1ccc(OC)c(OC)c1)S(C)(=O)=O. The molecule has 0 saturated heterocycles. The Hall–Kier alpha value is -4.12. The molecule has 3 aromatic carbocycles. The molecule has 3 rings (SSSR count). The van der Waals surface area contributed by atoms with Gasteiger partial charge < -0.3 is 19.7 Å². The minimum atomic E-state index is -3.94. The molecule has 9 nitrogen and oxygen atoms in total. The number of hydrogen-bond donors (Lipinski definition) is 1. The van der Waals surface area contributed by atoms with Crippen LogP contribution in [0, 0.1) is 5.82 Å². The fourth-order valence-electron chi connectivity index (χ4n) is 4.10. The summed E-state index contributed by atoms with van der Waals surface area (Å²) in [5, 5.41) is 2.60. The van der Waals surface area contributed by atoms with Gasteiger partial charge in [-0.05, 0) is 35.4 Å². The van der Waals surface area contributed by atoms with Gasteiger partial charge in [-0.15, -0.1) is 0 Å². The first-order valence-electron chi connectivity index (χ1n) is 12.1. The molecule has 0 radical (unpaired) electrons. The van der Waals surface area contributed by atoms with Crippen molar-refractivity contribution in [3.8, 4) is 11.5 Å². The Balaban J connectivity index is 2.04. The number of amides is 2. The summed E-state index contributed by atoms with van der Waals surface area (Å²) < 4.78 is 50.8. The monoisotopic (exact) mass is 557 g/mol. The predicted octanol–water partition coefficient (Wildman–Crippen LogP) is 3.00. The number of methoxy groups -OCH3 is 2. The average molecular weight is 558 g/mol. The van der Waals surface area contributed by atoms with Crippen molar-refractivity contribution >= 4 is 27.5 Å². The second-order valence-electron chi connectivity index (χ2n) is 8.78. The maximum atomic E-state index is 13.9. The summed E-state index contributed by atoms with van der Waals surface area (Å²) in [5.74, 6) is -0.816. The molecule has 0 aliphatic rings. The number of sulfonamides is 1. The lowest BCUT2D eigenvalue weighted by atomic mass is 10.0. The highest BCUT2D eigenvalue weighted by atomic mass is 32.2. The zero-order valence-corrected chi connectivity index (χ0v) is 23.1. The van der Waals surface area contributed by atoms with Gasteiger partial charge in [0.25, 0.3) is 0 Å². The quantitative estimate of drug-likeness (QED) is 0.367. The standard InChI is InChI=1S/C28H32FN3O6S/c1-30-28(34)24(16-20-8-6-5-7-9-20)31(18-21-10-12-22(29)13-11-21)27(33)19-32(39(4,35)36)23-14-15-25(37-2)26(17-23)38-3/h5-15,17,24H,16,18-19H2,1-4H3,(H,30,34)/t24-/m1/s1. The van der Waals surface area contributed by atoms with Gasteiger partial charge in [0.15, 0.2) is 11.5 Å². The van der Waals surface area contributed by atoms with Gasteiger partial charge in [0, 0.05) is 26.1 Å². The Morgan fingerprint density at radius 3 is 2.13 bits per heavy atom. The Labute approximate surface area is 228 Å². The molecule has 0 aliphatic heterocycles. The van der Waals surface area contributed by atoms with E-state index in [4.69, 9.17) is 9.47 Å². The summed E-state index contributed by atoms with van der Waals surface area (Å²) in [6.07, 6.45) is 1.17. The highest BCUT2D eigenvalue weighted by Crippen LogP contribution is 2.32. The van der Waals surface area contributed by atoms with E-state index >= 15 is 0 Å². The maximum absolute atomic E-state index is 13.9. The van der Waals surface area contributed by atoms with Crippen LogP contribution in [0.5, 0.6) is 11.5 Å². The molecule has 0 fully saturated rings. The van der Waals surface area contributed by atoms with Crippen molar-refractivity contribution in [2.45, 2.75) is 19.0 Å². The third kappa shape index (κ3) is 7.70. The third-order valence-corrected chi connectivity index (χ3v) is 7.26. The van der Waals surface area contributed by atoms with Crippen LogP contribution in [0.15, 0.2) is 72.8 Å². The van der Waals surface area contributed by atoms with Crippen LogP contribution in [0.3, 0.4) is 0 Å². The average Bonchev–Trinajstić information content (AvgIpc) is 2.93. The first-order chi connectivity index (χ1) is 18.6. The number of benzene rings is 3. The molecule has 0 bridgehead atoms. The number of nitrogens with one attached hydrogen (secondary N) is 1. The summed E-state index contributed by atoms with van der Waals surface area (Å²) in [5.41, 5.74) is 1.57. The molecule has 1 atom stereocenters. The fraction of sp³-hybridized carbons (Fsp3) is 0.286. The van der Waals surface area contributed by atoms with E-state index in [1.165, 1.54) is 68.6 Å². The van der Waals surface area contributed by atoms with Crippen LogP contribution < -0.4 is 19.1 Å².